The van der Waals surface area contributed by atoms with E-state index >= 15 is 0 Å². The molecule has 9 heteroatoms. The van der Waals surface area contributed by atoms with Crippen molar-refractivity contribution in [2.45, 2.75) is 13.8 Å². The molecule has 0 N–H and O–H groups in total. The van der Waals surface area contributed by atoms with Gasteiger partial charge in [-0.2, -0.15) is 0 Å². The maximum Gasteiger partial charge on any atom is 0.274 e. The van der Waals surface area contributed by atoms with Crippen LogP contribution in [0, 0.1) is 24.0 Å². The predicted octanol–water partition coefficient (Wildman–Crippen LogP) is 3.78. The molecule has 0 unspecified atom stereocenters. The summed E-state index contributed by atoms with van der Waals surface area (Å²) in [5.74, 6) is 0.401. The van der Waals surface area contributed by atoms with Gasteiger partial charge in [0.2, 0.25) is 0 Å². The zero-order valence-electron chi connectivity index (χ0n) is 17.5. The van der Waals surface area contributed by atoms with Crippen molar-refractivity contribution < 1.29 is 9.66 Å². The maximum atomic E-state index is 13.1. The molecular formula is C23H18N4O4S. The van der Waals surface area contributed by atoms with Crippen molar-refractivity contribution in [1.29, 1.82) is 0 Å². The fourth-order valence-corrected chi connectivity index (χ4v) is 5.00. The number of nitrogens with zero attached hydrogens (tertiary/aromatic N) is 4. The van der Waals surface area contributed by atoms with Gasteiger partial charge >= 0.3 is 0 Å². The lowest BCUT2D eigenvalue weighted by Gasteiger charge is -2.13. The number of benzene rings is 2. The van der Waals surface area contributed by atoms with Crippen molar-refractivity contribution in [1.82, 2.24) is 14.0 Å². The first-order chi connectivity index (χ1) is 15.4. The van der Waals surface area contributed by atoms with Gasteiger partial charge in [-0.3, -0.25) is 14.9 Å². The van der Waals surface area contributed by atoms with E-state index in [-0.39, 0.29) is 11.2 Å². The predicted molar refractivity (Wildman–Crippen MR) is 124 cm³/mol. The Kier molecular flexibility index (Phi) is 4.56. The topological polar surface area (TPSA) is 91.7 Å². The molecule has 0 aliphatic carbocycles. The molecule has 32 heavy (non-hydrogen) atoms. The summed E-state index contributed by atoms with van der Waals surface area (Å²) >= 11 is 1.35. The minimum Gasteiger partial charge on any atom is -0.494 e. The third kappa shape index (κ3) is 2.97. The molecule has 0 bridgehead atoms. The second kappa shape index (κ2) is 7.31. The lowest BCUT2D eigenvalue weighted by atomic mass is 10.2. The summed E-state index contributed by atoms with van der Waals surface area (Å²) in [7, 11) is 1.49. The SMILES string of the molecule is COc1cc([N+](=O)[O-])ccc1-n1c(C)cc(C=c2sc3nc4ccccc4n3c2=O)c1C. The first-order valence-corrected chi connectivity index (χ1v) is 10.6. The number of non-ortho nitro benzene ring substituents is 1. The molecule has 5 rings (SSSR count). The molecule has 8 nitrogen and oxygen atoms in total. The molecule has 0 atom stereocenters. The lowest BCUT2D eigenvalue weighted by Crippen LogP contribution is -2.22. The largest absolute Gasteiger partial charge is 0.494 e. The van der Waals surface area contributed by atoms with Gasteiger partial charge in [0.15, 0.2) is 4.96 Å². The van der Waals surface area contributed by atoms with Crippen molar-refractivity contribution in [3.05, 3.63) is 90.5 Å². The van der Waals surface area contributed by atoms with Crippen molar-refractivity contribution >= 4 is 39.1 Å². The van der Waals surface area contributed by atoms with Crippen LogP contribution in [0.4, 0.5) is 5.69 Å². The molecule has 2 aromatic carbocycles. The first kappa shape index (κ1) is 20.0. The smallest absolute Gasteiger partial charge is 0.274 e. The Morgan fingerprint density at radius 1 is 1.16 bits per heavy atom. The second-order valence-corrected chi connectivity index (χ2v) is 8.42. The lowest BCUT2D eigenvalue weighted by molar-refractivity contribution is -0.384. The summed E-state index contributed by atoms with van der Waals surface area (Å²) in [6.07, 6.45) is 1.87. The summed E-state index contributed by atoms with van der Waals surface area (Å²) in [6.45, 7) is 3.89. The number of hydrogen-bond acceptors (Lipinski definition) is 6. The van der Waals surface area contributed by atoms with Gasteiger partial charge in [0, 0.05) is 17.5 Å². The van der Waals surface area contributed by atoms with Gasteiger partial charge < -0.3 is 9.30 Å². The van der Waals surface area contributed by atoms with Crippen LogP contribution in [0.15, 0.2) is 53.3 Å². The molecule has 0 aliphatic heterocycles. The van der Waals surface area contributed by atoms with Crippen molar-refractivity contribution in [2.75, 3.05) is 7.11 Å². The van der Waals surface area contributed by atoms with Gasteiger partial charge in [0.05, 0.1) is 39.4 Å². The van der Waals surface area contributed by atoms with Crippen LogP contribution in [0.25, 0.3) is 27.8 Å². The van der Waals surface area contributed by atoms with E-state index in [1.54, 1.807) is 10.5 Å². The molecule has 0 radical (unpaired) electrons. The van der Waals surface area contributed by atoms with Gasteiger partial charge in [-0.05, 0) is 49.8 Å². The third-order valence-electron chi connectivity index (χ3n) is 5.52. The van der Waals surface area contributed by atoms with Crippen LogP contribution < -0.4 is 14.8 Å². The van der Waals surface area contributed by atoms with E-state index in [1.165, 1.54) is 30.6 Å². The number of imidazole rings is 1. The normalized spacial score (nSPS) is 12.2. The van der Waals surface area contributed by atoms with Crippen molar-refractivity contribution in [3.8, 4) is 11.4 Å². The summed E-state index contributed by atoms with van der Waals surface area (Å²) in [6, 6.07) is 14.1. The molecule has 0 fully saturated rings. The van der Waals surface area contributed by atoms with E-state index in [2.05, 4.69) is 4.98 Å². The molecule has 0 saturated carbocycles. The number of nitro groups is 1. The van der Waals surface area contributed by atoms with Gasteiger partial charge in [0.1, 0.15) is 5.75 Å². The van der Waals surface area contributed by atoms with E-state index in [0.717, 1.165) is 28.0 Å². The second-order valence-electron chi connectivity index (χ2n) is 7.41. The van der Waals surface area contributed by atoms with E-state index in [9.17, 15) is 14.9 Å². The van der Waals surface area contributed by atoms with Crippen molar-refractivity contribution in [3.63, 3.8) is 0 Å². The van der Waals surface area contributed by atoms with Gasteiger partial charge in [-0.1, -0.05) is 23.5 Å². The minimum absolute atomic E-state index is 0.0370. The average molecular weight is 446 g/mol. The van der Waals surface area contributed by atoms with E-state index in [0.29, 0.717) is 20.9 Å². The van der Waals surface area contributed by atoms with Gasteiger partial charge in [-0.25, -0.2) is 9.38 Å². The van der Waals surface area contributed by atoms with Crippen LogP contribution in [0.2, 0.25) is 0 Å². The number of para-hydroxylation sites is 2. The number of rotatable bonds is 4. The fourth-order valence-electron chi connectivity index (χ4n) is 4.02. The Hall–Kier alpha value is -3.98. The van der Waals surface area contributed by atoms with Crippen LogP contribution >= 0.6 is 11.3 Å². The summed E-state index contributed by atoms with van der Waals surface area (Å²) in [5, 5.41) is 11.1. The first-order valence-electron chi connectivity index (χ1n) is 9.82. The number of aromatic nitrogens is 3. The van der Waals surface area contributed by atoms with Gasteiger partial charge in [0.25, 0.3) is 11.2 Å². The Bertz CT molecular complexity index is 1640. The zero-order valence-corrected chi connectivity index (χ0v) is 18.3. The molecule has 3 aromatic heterocycles. The van der Waals surface area contributed by atoms with E-state index < -0.39 is 4.92 Å². The molecule has 0 aliphatic rings. The van der Waals surface area contributed by atoms with Crippen molar-refractivity contribution in [2.24, 2.45) is 0 Å². The quantitative estimate of drug-likeness (QED) is 0.309. The Morgan fingerprint density at radius 2 is 1.94 bits per heavy atom. The monoisotopic (exact) mass is 446 g/mol. The number of aryl methyl sites for hydroxylation is 1. The third-order valence-corrected chi connectivity index (χ3v) is 6.49. The summed E-state index contributed by atoms with van der Waals surface area (Å²) in [4.78, 5) is 29.0. The minimum atomic E-state index is -0.451. The summed E-state index contributed by atoms with van der Waals surface area (Å²) in [5.41, 5.74) is 4.85. The Morgan fingerprint density at radius 3 is 2.69 bits per heavy atom. The van der Waals surface area contributed by atoms with E-state index in [4.69, 9.17) is 4.74 Å². The van der Waals surface area contributed by atoms with Gasteiger partial charge in [-0.15, -0.1) is 0 Å². The van der Waals surface area contributed by atoms with Crippen LogP contribution in [-0.2, 0) is 0 Å². The zero-order chi connectivity index (χ0) is 22.6. The molecular weight excluding hydrogens is 428 g/mol. The van der Waals surface area contributed by atoms with E-state index in [1.807, 2.05) is 54.8 Å². The van der Waals surface area contributed by atoms with Crippen LogP contribution in [0.3, 0.4) is 0 Å². The maximum absolute atomic E-state index is 13.1. The fraction of sp³-hybridized carbons (Fsp3) is 0.130. The molecule has 0 amide bonds. The highest BCUT2D eigenvalue weighted by Crippen LogP contribution is 2.31. The average Bonchev–Trinajstić information content (AvgIpc) is 3.38. The molecule has 5 aromatic rings. The van der Waals surface area contributed by atoms with Crippen LogP contribution in [0.5, 0.6) is 5.75 Å². The number of thiazole rings is 1. The highest BCUT2D eigenvalue weighted by atomic mass is 32.1. The van der Waals surface area contributed by atoms with Crippen LogP contribution in [0.1, 0.15) is 17.0 Å². The van der Waals surface area contributed by atoms with Crippen LogP contribution in [-0.4, -0.2) is 26.0 Å². The molecule has 0 spiro atoms. The Balaban J connectivity index is 1.67. The number of nitro benzene ring substituents is 1. The Labute approximate surface area is 185 Å². The molecule has 3 heterocycles. The number of methoxy groups -OCH3 is 1. The highest BCUT2D eigenvalue weighted by molar-refractivity contribution is 7.15. The molecule has 160 valence electrons. The standard InChI is InChI=1S/C23H18N4O4S/c1-13-10-15(14(2)25(13)19-9-8-16(27(29)30)12-20(19)31-3)11-21-22(28)26-18-7-5-4-6-17(18)24-23(26)32-21/h4-12H,1-3H3. The summed E-state index contributed by atoms with van der Waals surface area (Å²) < 4.78 is 9.62. The molecule has 0 saturated heterocycles. The number of ether oxygens (including phenoxy) is 1. The highest BCUT2D eigenvalue weighted by Gasteiger charge is 2.17. The number of fused-ring (bicyclic) bond motifs is 3. The number of hydrogen-bond donors (Lipinski definition) is 0.